The molecular weight excluding hydrogens is 422 g/mol. The molecule has 28 heavy (non-hydrogen) atoms. The molecule has 6 heteroatoms. The standard InChI is InChI=1S/C22H22BrNO4/c1-2-26-13-14-27-19-10-6-5-9-18(19)24-21(25)15-28-20-12-11-16-7-3-4-8-17(16)22(20)23/h3-12H,2,13-15H2,1H3,(H,24,25). The van der Waals surface area contributed by atoms with Crippen molar-refractivity contribution in [1.29, 1.82) is 0 Å². The Morgan fingerprint density at radius 3 is 2.57 bits per heavy atom. The van der Waals surface area contributed by atoms with Crippen molar-refractivity contribution >= 4 is 38.3 Å². The van der Waals surface area contributed by atoms with Crippen LogP contribution in [-0.4, -0.2) is 32.3 Å². The molecule has 0 heterocycles. The van der Waals surface area contributed by atoms with Crippen molar-refractivity contribution in [2.24, 2.45) is 0 Å². The number of rotatable bonds is 9. The lowest BCUT2D eigenvalue weighted by Crippen LogP contribution is -2.21. The summed E-state index contributed by atoms with van der Waals surface area (Å²) in [6, 6.07) is 19.1. The van der Waals surface area contributed by atoms with Crippen LogP contribution >= 0.6 is 15.9 Å². The number of carbonyl (C=O) groups excluding carboxylic acids is 1. The molecule has 3 rings (SSSR count). The van der Waals surface area contributed by atoms with Gasteiger partial charge in [-0.05, 0) is 51.8 Å². The van der Waals surface area contributed by atoms with E-state index in [1.165, 1.54) is 0 Å². The molecule has 0 unspecified atom stereocenters. The molecular formula is C22H22BrNO4. The van der Waals surface area contributed by atoms with Crippen LogP contribution < -0.4 is 14.8 Å². The highest BCUT2D eigenvalue weighted by Crippen LogP contribution is 2.33. The number of benzene rings is 3. The molecule has 0 atom stereocenters. The number of ether oxygens (including phenoxy) is 3. The monoisotopic (exact) mass is 443 g/mol. The largest absolute Gasteiger partial charge is 0.489 e. The normalized spacial score (nSPS) is 10.6. The Bertz CT molecular complexity index is 945. The highest BCUT2D eigenvalue weighted by atomic mass is 79.9. The highest BCUT2D eigenvalue weighted by Gasteiger charge is 2.11. The van der Waals surface area contributed by atoms with Crippen LogP contribution in [0.2, 0.25) is 0 Å². The first-order valence-corrected chi connectivity index (χ1v) is 9.88. The Morgan fingerprint density at radius 1 is 0.929 bits per heavy atom. The van der Waals surface area contributed by atoms with Gasteiger partial charge in [-0.2, -0.15) is 0 Å². The van der Waals surface area contributed by atoms with Crippen LogP contribution in [0.25, 0.3) is 10.8 Å². The maximum absolute atomic E-state index is 12.4. The van der Waals surface area contributed by atoms with Crippen LogP contribution in [0.15, 0.2) is 65.1 Å². The number of hydrogen-bond donors (Lipinski definition) is 1. The molecule has 1 amide bonds. The minimum atomic E-state index is -0.263. The van der Waals surface area contributed by atoms with Crippen molar-refractivity contribution < 1.29 is 19.0 Å². The smallest absolute Gasteiger partial charge is 0.262 e. The molecule has 3 aromatic rings. The molecule has 0 fully saturated rings. The van der Waals surface area contributed by atoms with E-state index in [0.717, 1.165) is 15.2 Å². The zero-order valence-corrected chi connectivity index (χ0v) is 17.2. The van der Waals surface area contributed by atoms with Crippen molar-refractivity contribution in [3.8, 4) is 11.5 Å². The molecule has 0 saturated carbocycles. The topological polar surface area (TPSA) is 56.8 Å². The second-order valence-electron chi connectivity index (χ2n) is 5.98. The van der Waals surface area contributed by atoms with Crippen LogP contribution in [0.4, 0.5) is 5.69 Å². The first kappa shape index (κ1) is 20.2. The van der Waals surface area contributed by atoms with Gasteiger partial charge in [-0.25, -0.2) is 0 Å². The minimum absolute atomic E-state index is 0.107. The fraction of sp³-hybridized carbons (Fsp3) is 0.227. The lowest BCUT2D eigenvalue weighted by Gasteiger charge is -2.13. The summed E-state index contributed by atoms with van der Waals surface area (Å²) in [5, 5.41) is 4.97. The van der Waals surface area contributed by atoms with Crippen LogP contribution in [-0.2, 0) is 9.53 Å². The molecule has 0 spiro atoms. The fourth-order valence-electron chi connectivity index (χ4n) is 2.71. The van der Waals surface area contributed by atoms with Gasteiger partial charge in [0.05, 0.1) is 16.8 Å². The summed E-state index contributed by atoms with van der Waals surface area (Å²) < 4.78 is 17.5. The van der Waals surface area contributed by atoms with Gasteiger partial charge in [-0.1, -0.05) is 42.5 Å². The SMILES string of the molecule is CCOCCOc1ccccc1NC(=O)COc1ccc2ccccc2c1Br. The van der Waals surface area contributed by atoms with E-state index in [1.54, 1.807) is 6.07 Å². The summed E-state index contributed by atoms with van der Waals surface area (Å²) >= 11 is 3.56. The molecule has 146 valence electrons. The summed E-state index contributed by atoms with van der Waals surface area (Å²) in [4.78, 5) is 12.4. The van der Waals surface area contributed by atoms with E-state index in [1.807, 2.05) is 61.5 Å². The first-order valence-electron chi connectivity index (χ1n) is 9.08. The zero-order chi connectivity index (χ0) is 19.8. The lowest BCUT2D eigenvalue weighted by molar-refractivity contribution is -0.118. The lowest BCUT2D eigenvalue weighted by atomic mass is 10.1. The molecule has 0 saturated heterocycles. The van der Waals surface area contributed by atoms with Gasteiger partial charge < -0.3 is 19.5 Å². The summed E-state index contributed by atoms with van der Waals surface area (Å²) in [6.45, 7) is 3.38. The van der Waals surface area contributed by atoms with Gasteiger partial charge in [0.25, 0.3) is 5.91 Å². The number of fused-ring (bicyclic) bond motifs is 1. The maximum Gasteiger partial charge on any atom is 0.262 e. The van der Waals surface area contributed by atoms with Gasteiger partial charge >= 0.3 is 0 Å². The number of amides is 1. The number of halogens is 1. The van der Waals surface area contributed by atoms with E-state index >= 15 is 0 Å². The molecule has 0 bridgehead atoms. The van der Waals surface area contributed by atoms with Crippen LogP contribution in [0, 0.1) is 0 Å². The average Bonchev–Trinajstić information content (AvgIpc) is 2.72. The number of nitrogens with one attached hydrogen (secondary N) is 1. The van der Waals surface area contributed by atoms with Gasteiger partial charge in [0, 0.05) is 6.61 Å². The first-order chi connectivity index (χ1) is 13.7. The van der Waals surface area contributed by atoms with E-state index in [9.17, 15) is 4.79 Å². The molecule has 3 aromatic carbocycles. The van der Waals surface area contributed by atoms with Gasteiger partial charge in [0.15, 0.2) is 6.61 Å². The van der Waals surface area contributed by atoms with Crippen LogP contribution in [0.3, 0.4) is 0 Å². The molecule has 1 N–H and O–H groups in total. The third-order valence-electron chi connectivity index (χ3n) is 4.04. The summed E-state index contributed by atoms with van der Waals surface area (Å²) in [6.07, 6.45) is 0. The van der Waals surface area contributed by atoms with Crippen molar-refractivity contribution in [2.45, 2.75) is 6.92 Å². The Labute approximate surface area is 172 Å². The molecule has 0 aliphatic carbocycles. The molecule has 5 nitrogen and oxygen atoms in total. The number of hydrogen-bond acceptors (Lipinski definition) is 4. The molecule has 0 aliphatic heterocycles. The van der Waals surface area contributed by atoms with Gasteiger partial charge in [-0.3, -0.25) is 4.79 Å². The fourth-order valence-corrected chi connectivity index (χ4v) is 3.31. The van der Waals surface area contributed by atoms with Crippen molar-refractivity contribution in [3.63, 3.8) is 0 Å². The quantitative estimate of drug-likeness (QED) is 0.470. The van der Waals surface area contributed by atoms with E-state index < -0.39 is 0 Å². The predicted molar refractivity (Wildman–Crippen MR) is 114 cm³/mol. The Morgan fingerprint density at radius 2 is 1.71 bits per heavy atom. The van der Waals surface area contributed by atoms with Crippen molar-refractivity contribution in [3.05, 3.63) is 65.1 Å². The van der Waals surface area contributed by atoms with E-state index in [2.05, 4.69) is 21.2 Å². The van der Waals surface area contributed by atoms with Crippen LogP contribution in [0.1, 0.15) is 6.92 Å². The summed E-state index contributed by atoms with van der Waals surface area (Å²) in [7, 11) is 0. The van der Waals surface area contributed by atoms with E-state index in [4.69, 9.17) is 14.2 Å². The van der Waals surface area contributed by atoms with E-state index in [0.29, 0.717) is 37.0 Å². The Balaban J connectivity index is 1.60. The molecule has 0 aromatic heterocycles. The zero-order valence-electron chi connectivity index (χ0n) is 15.6. The second kappa shape index (κ2) is 10.1. The summed E-state index contributed by atoms with van der Waals surface area (Å²) in [5.74, 6) is 0.957. The predicted octanol–water partition coefficient (Wildman–Crippen LogP) is 5.04. The van der Waals surface area contributed by atoms with Crippen LogP contribution in [0.5, 0.6) is 11.5 Å². The average molecular weight is 444 g/mol. The Hall–Kier alpha value is -2.57. The molecule has 0 radical (unpaired) electrons. The third-order valence-corrected chi connectivity index (χ3v) is 4.86. The van der Waals surface area contributed by atoms with Gasteiger partial charge in [-0.15, -0.1) is 0 Å². The maximum atomic E-state index is 12.4. The van der Waals surface area contributed by atoms with Crippen molar-refractivity contribution in [1.82, 2.24) is 0 Å². The highest BCUT2D eigenvalue weighted by molar-refractivity contribution is 9.10. The number of para-hydroxylation sites is 2. The van der Waals surface area contributed by atoms with Crippen molar-refractivity contribution in [2.75, 3.05) is 31.7 Å². The summed E-state index contributed by atoms with van der Waals surface area (Å²) in [5.41, 5.74) is 0.602. The third kappa shape index (κ3) is 5.24. The number of anilines is 1. The second-order valence-corrected chi connectivity index (χ2v) is 6.77. The Kier molecular flexibility index (Phi) is 7.28. The minimum Gasteiger partial charge on any atom is -0.489 e. The van der Waals surface area contributed by atoms with E-state index in [-0.39, 0.29) is 12.5 Å². The van der Waals surface area contributed by atoms with Gasteiger partial charge in [0.1, 0.15) is 18.1 Å². The number of carbonyl (C=O) groups is 1. The molecule has 0 aliphatic rings. The van der Waals surface area contributed by atoms with Gasteiger partial charge in [0.2, 0.25) is 0 Å².